The molecular weight excluding hydrogens is 302 g/mol. The average Bonchev–Trinajstić information content (AvgIpc) is 2.74. The molecule has 5 nitrogen and oxygen atoms in total. The predicted molar refractivity (Wildman–Crippen MR) is 90.6 cm³/mol. The first kappa shape index (κ1) is 16.3. The minimum Gasteiger partial charge on any atom is -0.364 e. The summed E-state index contributed by atoms with van der Waals surface area (Å²) in [5.74, 6) is 0.243. The number of hydrogen-bond donors (Lipinski definition) is 1. The van der Waals surface area contributed by atoms with Crippen molar-refractivity contribution in [2.24, 2.45) is 17.6 Å². The quantitative estimate of drug-likeness (QED) is 0.692. The highest BCUT2D eigenvalue weighted by atomic mass is 16.1. The van der Waals surface area contributed by atoms with Gasteiger partial charge in [0.2, 0.25) is 0 Å². The van der Waals surface area contributed by atoms with Gasteiger partial charge in [-0.15, -0.1) is 0 Å². The van der Waals surface area contributed by atoms with Crippen LogP contribution in [0.25, 0.3) is 0 Å². The second kappa shape index (κ2) is 6.91. The zero-order valence-electron chi connectivity index (χ0n) is 13.7. The van der Waals surface area contributed by atoms with Crippen LogP contribution in [0.3, 0.4) is 0 Å². The molecule has 2 atom stereocenters. The number of aryl methyl sites for hydroxylation is 1. The molecule has 3 rings (SSSR count). The minimum atomic E-state index is -0.503. The van der Waals surface area contributed by atoms with E-state index in [0.717, 1.165) is 30.5 Å². The third-order valence-corrected chi connectivity index (χ3v) is 4.82. The van der Waals surface area contributed by atoms with E-state index in [1.54, 1.807) is 18.3 Å². The number of nitrogens with zero attached hydrogens (tertiary/aromatic N) is 2. The van der Waals surface area contributed by atoms with Crippen molar-refractivity contribution in [1.29, 1.82) is 0 Å². The van der Waals surface area contributed by atoms with Gasteiger partial charge in [-0.05, 0) is 54.9 Å². The lowest BCUT2D eigenvalue weighted by Gasteiger charge is -2.20. The zero-order chi connectivity index (χ0) is 17.1. The van der Waals surface area contributed by atoms with E-state index >= 15 is 0 Å². The van der Waals surface area contributed by atoms with Gasteiger partial charge >= 0.3 is 0 Å². The lowest BCUT2D eigenvalue weighted by molar-refractivity contribution is 0.0937. The number of pyridine rings is 2. The Hall–Kier alpha value is -2.56. The molecular formula is C19H21N3O2. The normalized spacial score (nSPS) is 20.0. The van der Waals surface area contributed by atoms with Gasteiger partial charge in [-0.1, -0.05) is 19.1 Å². The van der Waals surface area contributed by atoms with Crippen molar-refractivity contribution in [2.75, 3.05) is 0 Å². The molecule has 1 amide bonds. The molecule has 0 saturated carbocycles. The number of ketones is 1. The zero-order valence-corrected chi connectivity index (χ0v) is 13.7. The van der Waals surface area contributed by atoms with Crippen LogP contribution < -0.4 is 5.73 Å². The SMILES string of the molecule is CC1Cc2ccc(C(N)=O)nc2CCC1CC(=O)c1ccccn1. The van der Waals surface area contributed by atoms with Crippen LogP contribution in [0, 0.1) is 11.8 Å². The number of primary amides is 1. The maximum Gasteiger partial charge on any atom is 0.267 e. The molecule has 1 aliphatic carbocycles. The van der Waals surface area contributed by atoms with Crippen LogP contribution in [0.4, 0.5) is 0 Å². The predicted octanol–water partition coefficient (Wildman–Crippen LogP) is 2.59. The van der Waals surface area contributed by atoms with Gasteiger partial charge in [0.15, 0.2) is 5.78 Å². The Labute approximate surface area is 141 Å². The number of Topliss-reactive ketones (excluding diaryl/α,β-unsaturated/α-hetero) is 1. The van der Waals surface area contributed by atoms with E-state index in [0.29, 0.717) is 23.7 Å². The van der Waals surface area contributed by atoms with E-state index in [-0.39, 0.29) is 11.7 Å². The molecule has 2 aromatic rings. The third kappa shape index (κ3) is 3.50. The summed E-state index contributed by atoms with van der Waals surface area (Å²) < 4.78 is 0. The van der Waals surface area contributed by atoms with Crippen LogP contribution in [0.1, 0.15) is 52.0 Å². The number of amides is 1. The number of hydrogen-bond acceptors (Lipinski definition) is 4. The van der Waals surface area contributed by atoms with Crippen LogP contribution in [-0.4, -0.2) is 21.7 Å². The Balaban J connectivity index is 1.74. The first-order valence-electron chi connectivity index (χ1n) is 8.27. The lowest BCUT2D eigenvalue weighted by Crippen LogP contribution is -2.17. The number of carbonyl (C=O) groups excluding carboxylic acids is 2. The standard InChI is InChI=1S/C19H21N3O2/c1-12-10-14-6-8-17(19(20)24)22-15(14)7-5-13(12)11-18(23)16-4-2-3-9-21-16/h2-4,6,8-9,12-13H,5,7,10-11H2,1H3,(H2,20,24). The van der Waals surface area contributed by atoms with Gasteiger partial charge in [0.1, 0.15) is 11.4 Å². The molecule has 2 N–H and O–H groups in total. The van der Waals surface area contributed by atoms with Gasteiger partial charge in [0.25, 0.3) is 5.91 Å². The Morgan fingerprint density at radius 2 is 2.04 bits per heavy atom. The van der Waals surface area contributed by atoms with E-state index < -0.39 is 5.91 Å². The summed E-state index contributed by atoms with van der Waals surface area (Å²) in [5.41, 5.74) is 8.24. The van der Waals surface area contributed by atoms with Crippen LogP contribution >= 0.6 is 0 Å². The fourth-order valence-electron chi connectivity index (χ4n) is 3.36. The monoisotopic (exact) mass is 323 g/mol. The molecule has 0 aliphatic heterocycles. The molecule has 2 aromatic heterocycles. The molecule has 0 bridgehead atoms. The summed E-state index contributed by atoms with van der Waals surface area (Å²) in [6.07, 6.45) is 4.65. The molecule has 0 spiro atoms. The Bertz CT molecular complexity index is 758. The van der Waals surface area contributed by atoms with Crippen molar-refractivity contribution < 1.29 is 9.59 Å². The fourth-order valence-corrected chi connectivity index (χ4v) is 3.36. The van der Waals surface area contributed by atoms with Crippen LogP contribution in [0.2, 0.25) is 0 Å². The average molecular weight is 323 g/mol. The summed E-state index contributed by atoms with van der Waals surface area (Å²) in [7, 11) is 0. The van der Waals surface area contributed by atoms with Crippen molar-refractivity contribution in [3.63, 3.8) is 0 Å². The Morgan fingerprint density at radius 3 is 2.75 bits per heavy atom. The summed E-state index contributed by atoms with van der Waals surface area (Å²) >= 11 is 0. The minimum absolute atomic E-state index is 0.0872. The summed E-state index contributed by atoms with van der Waals surface area (Å²) in [6.45, 7) is 2.17. The highest BCUT2D eigenvalue weighted by Crippen LogP contribution is 2.31. The largest absolute Gasteiger partial charge is 0.364 e. The van der Waals surface area contributed by atoms with E-state index in [1.165, 1.54) is 0 Å². The topological polar surface area (TPSA) is 85.9 Å². The number of carbonyl (C=O) groups is 2. The number of fused-ring (bicyclic) bond motifs is 1. The highest BCUT2D eigenvalue weighted by Gasteiger charge is 2.26. The van der Waals surface area contributed by atoms with Crippen molar-refractivity contribution in [3.8, 4) is 0 Å². The molecule has 5 heteroatoms. The molecule has 24 heavy (non-hydrogen) atoms. The van der Waals surface area contributed by atoms with Crippen molar-refractivity contribution in [3.05, 3.63) is 59.2 Å². The van der Waals surface area contributed by atoms with Crippen LogP contribution in [0.15, 0.2) is 36.5 Å². The van der Waals surface area contributed by atoms with Gasteiger partial charge < -0.3 is 5.73 Å². The molecule has 0 aromatic carbocycles. The van der Waals surface area contributed by atoms with Gasteiger partial charge in [0.05, 0.1) is 0 Å². The molecule has 1 aliphatic rings. The summed E-state index contributed by atoms with van der Waals surface area (Å²) in [4.78, 5) is 32.3. The van der Waals surface area contributed by atoms with E-state index in [4.69, 9.17) is 5.73 Å². The Morgan fingerprint density at radius 1 is 1.21 bits per heavy atom. The molecule has 0 saturated heterocycles. The van der Waals surface area contributed by atoms with Gasteiger partial charge in [-0.2, -0.15) is 0 Å². The first-order valence-corrected chi connectivity index (χ1v) is 8.27. The van der Waals surface area contributed by atoms with Crippen molar-refractivity contribution >= 4 is 11.7 Å². The second-order valence-electron chi connectivity index (χ2n) is 6.49. The summed E-state index contributed by atoms with van der Waals surface area (Å²) in [5, 5.41) is 0. The Kier molecular flexibility index (Phi) is 4.69. The van der Waals surface area contributed by atoms with Crippen LogP contribution in [0.5, 0.6) is 0 Å². The van der Waals surface area contributed by atoms with E-state index in [9.17, 15) is 9.59 Å². The first-order chi connectivity index (χ1) is 11.5. The lowest BCUT2D eigenvalue weighted by atomic mass is 9.84. The number of rotatable bonds is 4. The molecule has 0 radical (unpaired) electrons. The molecule has 124 valence electrons. The fraction of sp³-hybridized carbons (Fsp3) is 0.368. The van der Waals surface area contributed by atoms with Crippen molar-refractivity contribution in [1.82, 2.24) is 9.97 Å². The highest BCUT2D eigenvalue weighted by molar-refractivity contribution is 5.94. The van der Waals surface area contributed by atoms with E-state index in [1.807, 2.05) is 18.2 Å². The second-order valence-corrected chi connectivity index (χ2v) is 6.49. The van der Waals surface area contributed by atoms with Gasteiger partial charge in [-0.3, -0.25) is 14.6 Å². The third-order valence-electron chi connectivity index (χ3n) is 4.82. The molecule has 0 fully saturated rings. The number of nitrogens with two attached hydrogens (primary N) is 1. The van der Waals surface area contributed by atoms with Gasteiger partial charge in [-0.25, -0.2) is 4.98 Å². The van der Waals surface area contributed by atoms with Gasteiger partial charge in [0, 0.05) is 18.3 Å². The summed E-state index contributed by atoms with van der Waals surface area (Å²) in [6, 6.07) is 9.04. The van der Waals surface area contributed by atoms with Crippen LogP contribution in [-0.2, 0) is 12.8 Å². The van der Waals surface area contributed by atoms with E-state index in [2.05, 4.69) is 16.9 Å². The van der Waals surface area contributed by atoms with Crippen molar-refractivity contribution in [2.45, 2.75) is 32.6 Å². The maximum absolute atomic E-state index is 12.4. The number of aromatic nitrogens is 2. The molecule has 2 heterocycles. The smallest absolute Gasteiger partial charge is 0.267 e. The molecule has 2 unspecified atom stereocenters. The maximum atomic E-state index is 12.4.